The van der Waals surface area contributed by atoms with Crippen LogP contribution in [0.4, 0.5) is 0 Å². The lowest BCUT2D eigenvalue weighted by Crippen LogP contribution is -2.45. The zero-order valence-electron chi connectivity index (χ0n) is 42.0. The first-order valence-corrected chi connectivity index (χ1v) is 27.6. The molecule has 3 atom stereocenters. The van der Waals surface area contributed by atoms with Gasteiger partial charge in [-0.25, -0.2) is 0 Å². The maximum atomic E-state index is 12.5. The summed E-state index contributed by atoms with van der Waals surface area (Å²) in [5, 5.41) is 33.4. The fourth-order valence-electron chi connectivity index (χ4n) is 8.29. The van der Waals surface area contributed by atoms with Crippen LogP contribution in [0.1, 0.15) is 277 Å². The highest BCUT2D eigenvalue weighted by Gasteiger charge is 2.20. The number of allylic oxidation sites excluding steroid dienone is 9. The topological polar surface area (TPSA) is 89.8 Å². The van der Waals surface area contributed by atoms with Crippen LogP contribution in [-0.2, 0) is 4.79 Å². The van der Waals surface area contributed by atoms with Gasteiger partial charge in [0.15, 0.2) is 0 Å². The van der Waals surface area contributed by atoms with Crippen LogP contribution >= 0.6 is 0 Å². The maximum absolute atomic E-state index is 12.5. The molecule has 0 aliphatic carbocycles. The first kappa shape index (κ1) is 61.0. The standard InChI is InChI=1S/C58H107NO4/c1-3-5-7-9-11-13-15-17-19-21-22-23-24-25-26-27-28-29-30-31-32-33-34-36-37-39-41-43-45-47-49-51-55(61)53-58(63)59-56(54-60)57(62)52-50-48-46-44-42-40-38-35-20-18-16-14-12-10-8-6-4-2/h20,22-23,25-26,35,42,44,50,52,55-57,60-62H,3-19,21,24,27-34,36-41,43,45-49,51,53-54H2,1-2H3,(H,59,63)/b23-22-,26-25-,35-20+,44-42+,52-50+. The number of rotatable bonds is 50. The molecular formula is C58H107NO4. The van der Waals surface area contributed by atoms with E-state index in [1.54, 1.807) is 6.08 Å². The Balaban J connectivity index is 3.59. The Labute approximate surface area is 392 Å². The summed E-state index contributed by atoms with van der Waals surface area (Å²) in [6.45, 7) is 4.20. The molecule has 0 rings (SSSR count). The van der Waals surface area contributed by atoms with Gasteiger partial charge in [0.2, 0.25) is 5.91 Å². The second-order valence-electron chi connectivity index (χ2n) is 18.8. The first-order chi connectivity index (χ1) is 31.0. The molecule has 0 bridgehead atoms. The van der Waals surface area contributed by atoms with Crippen LogP contribution in [0, 0.1) is 0 Å². The van der Waals surface area contributed by atoms with Gasteiger partial charge in [0.1, 0.15) is 0 Å². The number of aliphatic hydroxyl groups excluding tert-OH is 3. The number of unbranched alkanes of at least 4 members (excludes halogenated alkanes) is 33. The third-order valence-corrected chi connectivity index (χ3v) is 12.5. The van der Waals surface area contributed by atoms with Gasteiger partial charge in [0.05, 0.1) is 31.3 Å². The zero-order valence-corrected chi connectivity index (χ0v) is 42.0. The van der Waals surface area contributed by atoms with Crippen LogP contribution in [0.3, 0.4) is 0 Å². The molecule has 5 nitrogen and oxygen atoms in total. The van der Waals surface area contributed by atoms with E-state index < -0.39 is 18.2 Å². The summed E-state index contributed by atoms with van der Waals surface area (Å²) in [6, 6.07) is -0.769. The predicted octanol–water partition coefficient (Wildman–Crippen LogP) is 17.0. The summed E-state index contributed by atoms with van der Waals surface area (Å²) in [5.41, 5.74) is 0. The summed E-state index contributed by atoms with van der Waals surface area (Å²) < 4.78 is 0. The van der Waals surface area contributed by atoms with Gasteiger partial charge in [-0.15, -0.1) is 0 Å². The highest BCUT2D eigenvalue weighted by molar-refractivity contribution is 5.76. The fourth-order valence-corrected chi connectivity index (χ4v) is 8.29. The van der Waals surface area contributed by atoms with Gasteiger partial charge in [0.25, 0.3) is 0 Å². The molecule has 0 aromatic carbocycles. The molecule has 0 fully saturated rings. The normalized spacial score (nSPS) is 13.8. The van der Waals surface area contributed by atoms with Gasteiger partial charge in [-0.3, -0.25) is 4.79 Å². The molecule has 0 saturated heterocycles. The van der Waals surface area contributed by atoms with Crippen LogP contribution in [0.5, 0.6) is 0 Å². The molecule has 0 aliphatic heterocycles. The number of carbonyl (C=O) groups excluding carboxylic acids is 1. The van der Waals surface area contributed by atoms with Gasteiger partial charge in [0, 0.05) is 0 Å². The zero-order chi connectivity index (χ0) is 45.8. The summed E-state index contributed by atoms with van der Waals surface area (Å²) in [6.07, 6.45) is 71.2. The van der Waals surface area contributed by atoms with Gasteiger partial charge < -0.3 is 20.6 Å². The second-order valence-corrected chi connectivity index (χ2v) is 18.8. The summed E-state index contributed by atoms with van der Waals surface area (Å²) in [5.74, 6) is -0.329. The molecule has 0 aromatic rings. The fraction of sp³-hybridized carbons (Fsp3) is 0.810. The van der Waals surface area contributed by atoms with E-state index in [-0.39, 0.29) is 18.9 Å². The SMILES string of the molecule is CCCCCCCCC/C=C/CC/C=C/CC/C=C/C(O)C(CO)NC(=O)CC(O)CCCCCCCCCCCCCCCCC/C=C\C/C=C\CCCCCCCCCCC. The Kier molecular flexibility index (Phi) is 51.0. The molecule has 0 aliphatic rings. The average Bonchev–Trinajstić information content (AvgIpc) is 3.28. The predicted molar refractivity (Wildman–Crippen MR) is 277 cm³/mol. The minimum Gasteiger partial charge on any atom is -0.394 e. The molecule has 3 unspecified atom stereocenters. The highest BCUT2D eigenvalue weighted by atomic mass is 16.3. The summed E-state index contributed by atoms with van der Waals surface area (Å²) in [4.78, 5) is 12.5. The summed E-state index contributed by atoms with van der Waals surface area (Å²) >= 11 is 0. The summed E-state index contributed by atoms with van der Waals surface area (Å²) in [7, 11) is 0. The lowest BCUT2D eigenvalue weighted by atomic mass is 10.0. The average molecular weight is 882 g/mol. The van der Waals surface area contributed by atoms with E-state index in [2.05, 4.69) is 67.8 Å². The number of hydrogen-bond acceptors (Lipinski definition) is 4. The van der Waals surface area contributed by atoms with Crippen LogP contribution in [0.15, 0.2) is 60.8 Å². The van der Waals surface area contributed by atoms with Crippen LogP contribution in [-0.4, -0.2) is 46.1 Å². The Hall–Kier alpha value is -1.95. The molecule has 4 N–H and O–H groups in total. The van der Waals surface area contributed by atoms with Crippen LogP contribution < -0.4 is 5.32 Å². The van der Waals surface area contributed by atoms with Crippen molar-refractivity contribution >= 4 is 5.91 Å². The van der Waals surface area contributed by atoms with Gasteiger partial charge in [-0.1, -0.05) is 254 Å². The quantitative estimate of drug-likeness (QED) is 0.0362. The van der Waals surface area contributed by atoms with Crippen molar-refractivity contribution in [1.82, 2.24) is 5.32 Å². The Morgan fingerprint density at radius 2 is 0.730 bits per heavy atom. The number of amides is 1. The van der Waals surface area contributed by atoms with Gasteiger partial charge in [-0.2, -0.15) is 0 Å². The Morgan fingerprint density at radius 1 is 0.413 bits per heavy atom. The van der Waals surface area contributed by atoms with Gasteiger partial charge in [-0.05, 0) is 77.0 Å². The number of carbonyl (C=O) groups is 1. The first-order valence-electron chi connectivity index (χ1n) is 27.6. The lowest BCUT2D eigenvalue weighted by molar-refractivity contribution is -0.124. The van der Waals surface area contributed by atoms with E-state index in [9.17, 15) is 20.1 Å². The minimum atomic E-state index is -0.962. The minimum absolute atomic E-state index is 0.00139. The van der Waals surface area contributed by atoms with Crippen molar-refractivity contribution < 1.29 is 20.1 Å². The Bertz CT molecular complexity index is 1060. The van der Waals surface area contributed by atoms with Crippen molar-refractivity contribution in [1.29, 1.82) is 0 Å². The number of hydrogen-bond donors (Lipinski definition) is 4. The van der Waals surface area contributed by atoms with Crippen LogP contribution in [0.25, 0.3) is 0 Å². The van der Waals surface area contributed by atoms with Crippen molar-refractivity contribution in [2.45, 2.75) is 295 Å². The monoisotopic (exact) mass is 882 g/mol. The van der Waals surface area contributed by atoms with Crippen molar-refractivity contribution in [3.63, 3.8) is 0 Å². The van der Waals surface area contributed by atoms with Crippen molar-refractivity contribution in [2.24, 2.45) is 0 Å². The van der Waals surface area contributed by atoms with Crippen molar-refractivity contribution in [3.05, 3.63) is 60.8 Å². The molecule has 0 heterocycles. The van der Waals surface area contributed by atoms with Crippen LogP contribution in [0.2, 0.25) is 0 Å². The van der Waals surface area contributed by atoms with Crippen molar-refractivity contribution in [3.8, 4) is 0 Å². The van der Waals surface area contributed by atoms with E-state index in [4.69, 9.17) is 0 Å². The van der Waals surface area contributed by atoms with E-state index in [1.807, 2.05) is 6.08 Å². The smallest absolute Gasteiger partial charge is 0.222 e. The molecular weight excluding hydrogens is 775 g/mol. The molecule has 368 valence electrons. The molecule has 0 aromatic heterocycles. The third kappa shape index (κ3) is 49.3. The Morgan fingerprint density at radius 3 is 1.11 bits per heavy atom. The number of aliphatic hydroxyl groups is 3. The maximum Gasteiger partial charge on any atom is 0.222 e. The molecule has 5 heteroatoms. The van der Waals surface area contributed by atoms with Gasteiger partial charge >= 0.3 is 0 Å². The largest absolute Gasteiger partial charge is 0.394 e. The molecule has 0 spiro atoms. The molecule has 1 amide bonds. The van der Waals surface area contributed by atoms with E-state index >= 15 is 0 Å². The molecule has 0 saturated carbocycles. The molecule has 0 radical (unpaired) electrons. The second kappa shape index (κ2) is 52.7. The highest BCUT2D eigenvalue weighted by Crippen LogP contribution is 2.16. The molecule has 63 heavy (non-hydrogen) atoms. The third-order valence-electron chi connectivity index (χ3n) is 12.5. The van der Waals surface area contributed by atoms with Crippen molar-refractivity contribution in [2.75, 3.05) is 6.61 Å². The van der Waals surface area contributed by atoms with E-state index in [0.717, 1.165) is 44.9 Å². The number of nitrogens with one attached hydrogen (secondary N) is 1. The lowest BCUT2D eigenvalue weighted by Gasteiger charge is -2.21. The van der Waals surface area contributed by atoms with E-state index in [0.29, 0.717) is 6.42 Å². The van der Waals surface area contributed by atoms with E-state index in [1.165, 1.54) is 205 Å².